The highest BCUT2D eigenvalue weighted by Gasteiger charge is 1.97. The second kappa shape index (κ2) is 4.48. The molecule has 0 aliphatic heterocycles. The number of thiophene rings is 1. The van der Waals surface area contributed by atoms with Crippen LogP contribution in [0.4, 0.5) is 5.69 Å². The molecule has 0 aliphatic carbocycles. The number of nitrogens with zero attached hydrogens (tertiary/aromatic N) is 1. The zero-order valence-electron chi connectivity index (χ0n) is 7.51. The Bertz CT molecular complexity index is 381. The Morgan fingerprint density at radius 2 is 2.29 bits per heavy atom. The SMILES string of the molecule is Nc1ccc(SCc2cccs2)nc1. The van der Waals surface area contributed by atoms with Crippen LogP contribution in [0, 0.1) is 0 Å². The van der Waals surface area contributed by atoms with Crippen molar-refractivity contribution < 1.29 is 0 Å². The molecule has 0 saturated heterocycles. The highest BCUT2D eigenvalue weighted by Crippen LogP contribution is 2.23. The standard InChI is InChI=1S/C10H10N2S2/c11-8-3-4-10(12-6-8)14-7-9-2-1-5-13-9/h1-6H,7,11H2. The van der Waals surface area contributed by atoms with Crippen LogP contribution in [0.5, 0.6) is 0 Å². The maximum absolute atomic E-state index is 5.55. The first-order valence-corrected chi connectivity index (χ1v) is 6.08. The van der Waals surface area contributed by atoms with Gasteiger partial charge in [-0.3, -0.25) is 0 Å². The lowest BCUT2D eigenvalue weighted by Gasteiger charge is -1.98. The molecule has 0 amide bonds. The molecule has 0 saturated carbocycles. The normalized spacial score (nSPS) is 10.3. The molecule has 2 heterocycles. The first-order chi connectivity index (χ1) is 6.84. The lowest BCUT2D eigenvalue weighted by Crippen LogP contribution is -1.86. The van der Waals surface area contributed by atoms with Crippen molar-refractivity contribution in [1.29, 1.82) is 0 Å². The van der Waals surface area contributed by atoms with Gasteiger partial charge in [-0.1, -0.05) is 6.07 Å². The Labute approximate surface area is 91.2 Å². The maximum atomic E-state index is 5.55. The summed E-state index contributed by atoms with van der Waals surface area (Å²) >= 11 is 3.50. The topological polar surface area (TPSA) is 38.9 Å². The molecular weight excluding hydrogens is 212 g/mol. The molecule has 0 fully saturated rings. The van der Waals surface area contributed by atoms with Gasteiger partial charge in [0.25, 0.3) is 0 Å². The van der Waals surface area contributed by atoms with Gasteiger partial charge in [-0.25, -0.2) is 4.98 Å². The van der Waals surface area contributed by atoms with E-state index in [0.29, 0.717) is 5.69 Å². The van der Waals surface area contributed by atoms with Crippen molar-refractivity contribution in [3.05, 3.63) is 40.7 Å². The molecule has 14 heavy (non-hydrogen) atoms. The molecule has 0 unspecified atom stereocenters. The van der Waals surface area contributed by atoms with Crippen molar-refractivity contribution in [2.75, 3.05) is 5.73 Å². The van der Waals surface area contributed by atoms with Crippen LogP contribution in [0.3, 0.4) is 0 Å². The van der Waals surface area contributed by atoms with E-state index < -0.39 is 0 Å². The second-order valence-corrected chi connectivity index (χ2v) is 4.83. The molecule has 2 aromatic rings. The summed E-state index contributed by atoms with van der Waals surface area (Å²) in [4.78, 5) is 5.59. The van der Waals surface area contributed by atoms with Crippen LogP contribution in [-0.2, 0) is 5.75 Å². The van der Waals surface area contributed by atoms with Crippen LogP contribution in [0.1, 0.15) is 4.88 Å². The van der Waals surface area contributed by atoms with Crippen molar-refractivity contribution in [3.63, 3.8) is 0 Å². The zero-order chi connectivity index (χ0) is 9.80. The van der Waals surface area contributed by atoms with Gasteiger partial charge in [-0.2, -0.15) is 0 Å². The van der Waals surface area contributed by atoms with Crippen molar-refractivity contribution in [3.8, 4) is 0 Å². The van der Waals surface area contributed by atoms with E-state index >= 15 is 0 Å². The molecule has 4 heteroatoms. The highest BCUT2D eigenvalue weighted by atomic mass is 32.2. The van der Waals surface area contributed by atoms with Gasteiger partial charge >= 0.3 is 0 Å². The van der Waals surface area contributed by atoms with Gasteiger partial charge in [0.05, 0.1) is 16.9 Å². The van der Waals surface area contributed by atoms with Gasteiger partial charge in [-0.05, 0) is 23.6 Å². The minimum Gasteiger partial charge on any atom is -0.397 e. The number of rotatable bonds is 3. The fourth-order valence-corrected chi connectivity index (χ4v) is 2.63. The molecule has 2 N–H and O–H groups in total. The van der Waals surface area contributed by atoms with Crippen LogP contribution < -0.4 is 5.73 Å². The lowest BCUT2D eigenvalue weighted by atomic mass is 10.4. The average Bonchev–Trinajstić information content (AvgIpc) is 2.70. The van der Waals surface area contributed by atoms with Crippen LogP contribution in [0.25, 0.3) is 0 Å². The number of anilines is 1. The summed E-state index contributed by atoms with van der Waals surface area (Å²) in [6.07, 6.45) is 1.69. The highest BCUT2D eigenvalue weighted by molar-refractivity contribution is 7.98. The number of thioether (sulfide) groups is 1. The molecule has 0 aliphatic rings. The van der Waals surface area contributed by atoms with Gasteiger partial charge in [0.15, 0.2) is 0 Å². The van der Waals surface area contributed by atoms with Crippen LogP contribution >= 0.6 is 23.1 Å². The van der Waals surface area contributed by atoms with Gasteiger partial charge in [0, 0.05) is 10.6 Å². The maximum Gasteiger partial charge on any atom is 0.0964 e. The van der Waals surface area contributed by atoms with Gasteiger partial charge in [-0.15, -0.1) is 23.1 Å². The van der Waals surface area contributed by atoms with E-state index in [1.165, 1.54) is 4.88 Å². The van der Waals surface area contributed by atoms with Crippen molar-refractivity contribution in [2.45, 2.75) is 10.8 Å². The summed E-state index contributed by atoms with van der Waals surface area (Å²) in [6.45, 7) is 0. The summed E-state index contributed by atoms with van der Waals surface area (Å²) < 4.78 is 0. The average molecular weight is 222 g/mol. The summed E-state index contributed by atoms with van der Waals surface area (Å²) in [5, 5.41) is 3.11. The molecule has 2 rings (SSSR count). The first kappa shape index (κ1) is 9.55. The first-order valence-electron chi connectivity index (χ1n) is 4.21. The van der Waals surface area contributed by atoms with E-state index in [2.05, 4.69) is 22.5 Å². The molecule has 0 spiro atoms. The minimum absolute atomic E-state index is 0.713. The molecule has 2 aromatic heterocycles. The molecule has 72 valence electrons. The summed E-state index contributed by atoms with van der Waals surface area (Å²) in [5.74, 6) is 0.981. The molecule has 2 nitrogen and oxygen atoms in total. The smallest absolute Gasteiger partial charge is 0.0964 e. The molecule has 0 bridgehead atoms. The fourth-order valence-electron chi connectivity index (χ4n) is 1.02. The van der Waals surface area contributed by atoms with Crippen LogP contribution in [-0.4, -0.2) is 4.98 Å². The Kier molecular flexibility index (Phi) is 3.06. The number of hydrogen-bond donors (Lipinski definition) is 1. The Morgan fingerprint density at radius 1 is 1.36 bits per heavy atom. The lowest BCUT2D eigenvalue weighted by molar-refractivity contribution is 1.14. The number of pyridine rings is 1. The molecule has 0 radical (unpaired) electrons. The van der Waals surface area contributed by atoms with Crippen LogP contribution in [0.2, 0.25) is 0 Å². The number of nitrogen functional groups attached to an aromatic ring is 1. The predicted octanol–water partition coefficient (Wildman–Crippen LogP) is 3.02. The third-order valence-electron chi connectivity index (χ3n) is 1.70. The van der Waals surface area contributed by atoms with E-state index in [4.69, 9.17) is 5.73 Å². The van der Waals surface area contributed by atoms with Gasteiger partial charge < -0.3 is 5.73 Å². The monoisotopic (exact) mass is 222 g/mol. The van der Waals surface area contributed by atoms with E-state index in [1.54, 1.807) is 29.3 Å². The third-order valence-corrected chi connectivity index (χ3v) is 3.75. The Hall–Kier alpha value is -1.00. The molecular formula is C10H10N2S2. The number of aromatic nitrogens is 1. The fraction of sp³-hybridized carbons (Fsp3) is 0.100. The van der Waals surface area contributed by atoms with E-state index in [-0.39, 0.29) is 0 Å². The largest absolute Gasteiger partial charge is 0.397 e. The Balaban J connectivity index is 1.95. The summed E-state index contributed by atoms with van der Waals surface area (Å²) in [6, 6.07) is 8.03. The van der Waals surface area contributed by atoms with Gasteiger partial charge in [0.2, 0.25) is 0 Å². The predicted molar refractivity (Wildman–Crippen MR) is 62.5 cm³/mol. The molecule has 0 aromatic carbocycles. The van der Waals surface area contributed by atoms with Gasteiger partial charge in [0.1, 0.15) is 0 Å². The third kappa shape index (κ3) is 2.49. The second-order valence-electron chi connectivity index (χ2n) is 2.80. The minimum atomic E-state index is 0.713. The molecule has 0 atom stereocenters. The van der Waals surface area contributed by atoms with Crippen molar-refractivity contribution in [1.82, 2.24) is 4.98 Å². The van der Waals surface area contributed by atoms with E-state index in [9.17, 15) is 0 Å². The Morgan fingerprint density at radius 3 is 2.93 bits per heavy atom. The van der Waals surface area contributed by atoms with E-state index in [0.717, 1.165) is 10.8 Å². The number of nitrogens with two attached hydrogens (primary N) is 1. The van der Waals surface area contributed by atoms with E-state index in [1.807, 2.05) is 12.1 Å². The summed E-state index contributed by atoms with van der Waals surface area (Å²) in [7, 11) is 0. The van der Waals surface area contributed by atoms with Crippen LogP contribution in [0.15, 0.2) is 40.9 Å². The quantitative estimate of drug-likeness (QED) is 0.811. The van der Waals surface area contributed by atoms with Crippen molar-refractivity contribution >= 4 is 28.8 Å². The zero-order valence-corrected chi connectivity index (χ0v) is 9.15. The summed E-state index contributed by atoms with van der Waals surface area (Å²) in [5.41, 5.74) is 6.26. The number of hydrogen-bond acceptors (Lipinski definition) is 4. The van der Waals surface area contributed by atoms with Crippen molar-refractivity contribution in [2.24, 2.45) is 0 Å².